The lowest BCUT2D eigenvalue weighted by molar-refractivity contribution is 0.0962. The standard InChI is InChI=1S/C21H22N8O3/c1-3-4-7-28-18-16(27-21(28)25-6-5-22)11-26-29(20(18)32)12-15-14(10-23)8-13(9-17(15)30)19(31)24-2/h8-9,11,30H,5-7,12,22H2,1-2H3,(H,24,31)(H,25,27). The Morgan fingerprint density at radius 3 is 2.81 bits per heavy atom. The predicted octanol–water partition coefficient (Wildman–Crippen LogP) is -0.0279. The maximum atomic E-state index is 13.2. The van der Waals surface area contributed by atoms with Gasteiger partial charge in [0.15, 0.2) is 0 Å². The van der Waals surface area contributed by atoms with Gasteiger partial charge in [0.2, 0.25) is 5.95 Å². The summed E-state index contributed by atoms with van der Waals surface area (Å²) in [5, 5.41) is 29.6. The summed E-state index contributed by atoms with van der Waals surface area (Å²) in [6, 6.07) is 4.56. The summed E-state index contributed by atoms with van der Waals surface area (Å²) in [6.07, 6.45) is 1.43. The van der Waals surface area contributed by atoms with Gasteiger partial charge in [-0.3, -0.25) is 14.2 Å². The van der Waals surface area contributed by atoms with E-state index in [1.54, 1.807) is 11.5 Å². The third-order valence-corrected chi connectivity index (χ3v) is 4.74. The molecule has 11 nitrogen and oxygen atoms in total. The quantitative estimate of drug-likeness (QED) is 0.377. The number of benzene rings is 1. The van der Waals surface area contributed by atoms with Gasteiger partial charge in [-0.25, -0.2) is 9.67 Å². The first kappa shape index (κ1) is 22.3. The molecular weight excluding hydrogens is 412 g/mol. The molecule has 1 amide bonds. The first-order valence-electron chi connectivity index (χ1n) is 9.73. The van der Waals surface area contributed by atoms with Crippen LogP contribution in [0.2, 0.25) is 0 Å². The topological polar surface area (TPSA) is 164 Å². The highest BCUT2D eigenvalue weighted by Gasteiger charge is 2.19. The number of aromatic nitrogens is 4. The number of nitrogens with zero attached hydrogens (tertiary/aromatic N) is 5. The van der Waals surface area contributed by atoms with E-state index < -0.39 is 11.5 Å². The predicted molar refractivity (Wildman–Crippen MR) is 118 cm³/mol. The van der Waals surface area contributed by atoms with Crippen LogP contribution in [0, 0.1) is 23.2 Å². The van der Waals surface area contributed by atoms with Crippen LogP contribution in [0.15, 0.2) is 23.1 Å². The van der Waals surface area contributed by atoms with Crippen LogP contribution >= 0.6 is 0 Å². The highest BCUT2D eigenvalue weighted by atomic mass is 16.3. The average Bonchev–Trinajstić information content (AvgIpc) is 3.16. The zero-order valence-electron chi connectivity index (χ0n) is 17.6. The normalized spacial score (nSPS) is 10.3. The lowest BCUT2D eigenvalue weighted by Gasteiger charge is -2.11. The minimum Gasteiger partial charge on any atom is -0.508 e. The second kappa shape index (κ2) is 9.64. The van der Waals surface area contributed by atoms with Crippen LogP contribution in [-0.4, -0.2) is 50.5 Å². The minimum atomic E-state index is -0.465. The van der Waals surface area contributed by atoms with Crippen LogP contribution in [0.5, 0.6) is 5.75 Å². The fraction of sp³-hybridized carbons (Fsp3) is 0.286. The van der Waals surface area contributed by atoms with E-state index >= 15 is 0 Å². The number of carbonyl (C=O) groups excluding carboxylic acids is 1. The summed E-state index contributed by atoms with van der Waals surface area (Å²) in [5.74, 6) is 5.42. The van der Waals surface area contributed by atoms with Crippen molar-refractivity contribution in [2.45, 2.75) is 20.0 Å². The molecule has 0 aliphatic heterocycles. The fourth-order valence-electron chi connectivity index (χ4n) is 3.18. The second-order valence-electron chi connectivity index (χ2n) is 6.72. The summed E-state index contributed by atoms with van der Waals surface area (Å²) in [4.78, 5) is 29.5. The molecule has 0 saturated heterocycles. The number of hydrogen-bond acceptors (Lipinski definition) is 8. The van der Waals surface area contributed by atoms with Crippen LogP contribution in [0.1, 0.15) is 28.4 Å². The molecule has 11 heteroatoms. The largest absolute Gasteiger partial charge is 0.508 e. The van der Waals surface area contributed by atoms with Gasteiger partial charge >= 0.3 is 0 Å². The number of phenolic OH excluding ortho intramolecular Hbond substituents is 1. The Hall–Kier alpha value is -4.35. The highest BCUT2D eigenvalue weighted by Crippen LogP contribution is 2.24. The van der Waals surface area contributed by atoms with Gasteiger partial charge in [0.1, 0.15) is 16.8 Å². The third kappa shape index (κ3) is 4.24. The molecule has 3 rings (SSSR count). The number of aromatic hydroxyl groups is 1. The molecule has 2 aromatic heterocycles. The zero-order valence-corrected chi connectivity index (χ0v) is 17.6. The summed E-state index contributed by atoms with van der Waals surface area (Å²) < 4.78 is 2.77. The van der Waals surface area contributed by atoms with Crippen LogP contribution in [0.4, 0.5) is 5.95 Å². The van der Waals surface area contributed by atoms with Gasteiger partial charge in [0.05, 0.1) is 30.9 Å². The lowest BCUT2D eigenvalue weighted by Crippen LogP contribution is -2.26. The van der Waals surface area contributed by atoms with Crippen LogP contribution in [0.3, 0.4) is 0 Å². The van der Waals surface area contributed by atoms with E-state index in [0.29, 0.717) is 24.6 Å². The molecule has 0 atom stereocenters. The summed E-state index contributed by atoms with van der Waals surface area (Å²) in [5.41, 5.74) is 6.12. The number of nitrogens with one attached hydrogen (secondary N) is 2. The highest BCUT2D eigenvalue weighted by molar-refractivity contribution is 5.95. The second-order valence-corrected chi connectivity index (χ2v) is 6.72. The van der Waals surface area contributed by atoms with Gasteiger partial charge in [0, 0.05) is 31.3 Å². The van der Waals surface area contributed by atoms with E-state index in [0.717, 1.165) is 4.68 Å². The first-order chi connectivity index (χ1) is 15.4. The number of carbonyl (C=O) groups is 1. The molecule has 0 bridgehead atoms. The molecule has 2 heterocycles. The maximum Gasteiger partial charge on any atom is 0.293 e. The number of phenols is 1. The number of nitrogens with two attached hydrogens (primary N) is 1. The molecule has 164 valence electrons. The molecule has 5 N–H and O–H groups in total. The van der Waals surface area contributed by atoms with Gasteiger partial charge in [-0.05, 0) is 19.1 Å². The van der Waals surface area contributed by atoms with Crippen molar-refractivity contribution >= 4 is 22.9 Å². The van der Waals surface area contributed by atoms with Crippen molar-refractivity contribution < 1.29 is 9.90 Å². The Labute approximate surface area is 183 Å². The third-order valence-electron chi connectivity index (χ3n) is 4.74. The van der Waals surface area contributed by atoms with Crippen LogP contribution in [0.25, 0.3) is 11.0 Å². The molecule has 3 aromatic rings. The fourth-order valence-corrected chi connectivity index (χ4v) is 3.18. The molecule has 0 unspecified atom stereocenters. The SMILES string of the molecule is CC#CCn1c(NCCN)nc2cnn(Cc3c(O)cc(C(=O)NC)cc3C#N)c(=O)c21. The van der Waals surface area contributed by atoms with Gasteiger partial charge in [-0.1, -0.05) is 5.92 Å². The summed E-state index contributed by atoms with van der Waals surface area (Å²) in [6.45, 7) is 2.60. The number of amides is 1. The zero-order chi connectivity index (χ0) is 23.3. The lowest BCUT2D eigenvalue weighted by atomic mass is 10.0. The molecule has 0 aliphatic rings. The van der Waals surface area contributed by atoms with Crippen molar-refractivity contribution in [3.8, 4) is 23.7 Å². The molecule has 0 fully saturated rings. The van der Waals surface area contributed by atoms with E-state index in [-0.39, 0.29) is 41.0 Å². The van der Waals surface area contributed by atoms with Crippen molar-refractivity contribution in [1.29, 1.82) is 5.26 Å². The molecule has 0 spiro atoms. The van der Waals surface area contributed by atoms with Crippen molar-refractivity contribution in [2.24, 2.45) is 5.73 Å². The van der Waals surface area contributed by atoms with Gasteiger partial charge < -0.3 is 21.5 Å². The Kier molecular flexibility index (Phi) is 6.73. The molecule has 0 saturated carbocycles. The molecular formula is C21H22N8O3. The van der Waals surface area contributed by atoms with E-state index in [1.807, 2.05) is 6.07 Å². The van der Waals surface area contributed by atoms with Crippen LogP contribution < -0.4 is 21.9 Å². The van der Waals surface area contributed by atoms with Gasteiger partial charge in [-0.2, -0.15) is 10.4 Å². The van der Waals surface area contributed by atoms with Crippen molar-refractivity contribution in [3.05, 3.63) is 45.4 Å². The molecule has 32 heavy (non-hydrogen) atoms. The number of rotatable bonds is 7. The van der Waals surface area contributed by atoms with E-state index in [9.17, 15) is 20.0 Å². The Morgan fingerprint density at radius 1 is 1.38 bits per heavy atom. The molecule has 0 aliphatic carbocycles. The van der Waals surface area contributed by atoms with E-state index in [2.05, 4.69) is 32.6 Å². The number of imidazole rings is 1. The van der Waals surface area contributed by atoms with Crippen molar-refractivity contribution in [3.63, 3.8) is 0 Å². The van der Waals surface area contributed by atoms with Crippen molar-refractivity contribution in [1.82, 2.24) is 24.6 Å². The maximum absolute atomic E-state index is 13.2. The van der Waals surface area contributed by atoms with Crippen molar-refractivity contribution in [2.75, 3.05) is 25.5 Å². The smallest absolute Gasteiger partial charge is 0.293 e. The summed E-state index contributed by atoms with van der Waals surface area (Å²) >= 11 is 0. The Morgan fingerprint density at radius 2 is 2.16 bits per heavy atom. The Balaban J connectivity index is 2.12. The monoisotopic (exact) mass is 434 g/mol. The summed E-state index contributed by atoms with van der Waals surface area (Å²) in [7, 11) is 1.45. The number of hydrogen-bond donors (Lipinski definition) is 4. The number of nitriles is 1. The molecule has 0 radical (unpaired) electrons. The Bertz CT molecular complexity index is 1340. The first-order valence-corrected chi connectivity index (χ1v) is 9.73. The number of anilines is 1. The number of fused-ring (bicyclic) bond motifs is 1. The van der Waals surface area contributed by atoms with E-state index in [1.165, 1.54) is 25.4 Å². The van der Waals surface area contributed by atoms with E-state index in [4.69, 9.17) is 5.73 Å². The average molecular weight is 434 g/mol. The minimum absolute atomic E-state index is 0.0630. The van der Waals surface area contributed by atoms with Gasteiger partial charge in [0.25, 0.3) is 11.5 Å². The molecule has 1 aromatic carbocycles. The van der Waals surface area contributed by atoms with Crippen LogP contribution in [-0.2, 0) is 13.1 Å². The van der Waals surface area contributed by atoms with Gasteiger partial charge in [-0.15, -0.1) is 5.92 Å².